The lowest BCUT2D eigenvalue weighted by molar-refractivity contribution is -0.385. The summed E-state index contributed by atoms with van der Waals surface area (Å²) < 4.78 is 10.7. The zero-order chi connectivity index (χ0) is 25.5. The minimum absolute atomic E-state index is 0.0206. The van der Waals surface area contributed by atoms with E-state index in [2.05, 4.69) is 17.0 Å². The van der Waals surface area contributed by atoms with Crippen molar-refractivity contribution in [2.24, 2.45) is 17.6 Å². The number of rotatable bonds is 10. The lowest BCUT2D eigenvalue weighted by Gasteiger charge is -2.38. The van der Waals surface area contributed by atoms with Gasteiger partial charge in [-0.05, 0) is 98.9 Å². The molecular formula is C29H41N3O4. The Bertz CT molecular complexity index is 998. The van der Waals surface area contributed by atoms with Crippen LogP contribution in [0.2, 0.25) is 0 Å². The first-order valence-electron chi connectivity index (χ1n) is 13.4. The van der Waals surface area contributed by atoms with Gasteiger partial charge in [0.15, 0.2) is 5.75 Å². The molecule has 0 radical (unpaired) electrons. The van der Waals surface area contributed by atoms with Crippen LogP contribution in [0.4, 0.5) is 5.69 Å². The van der Waals surface area contributed by atoms with E-state index in [0.717, 1.165) is 29.7 Å². The zero-order valence-electron chi connectivity index (χ0n) is 21.7. The molecule has 2 aromatic carbocycles. The first-order chi connectivity index (χ1) is 17.4. The number of methoxy groups -OCH3 is 2. The third-order valence-corrected chi connectivity index (χ3v) is 8.24. The third kappa shape index (κ3) is 6.98. The van der Waals surface area contributed by atoms with E-state index in [0.29, 0.717) is 24.4 Å². The standard InChI is InChI=1S/C29H41N3O4/c1-35-27-5-3-4-23(17-27)19-31(20-24-10-15-29(36-2)28(18-24)32(33)34)26-13-8-22(9-14-26)16-21-6-11-25(30)12-7-21/h3-5,10,15,17-18,21-22,25-26H,6-9,11-14,16,19-20,30H2,1-2H3. The molecule has 0 atom stereocenters. The first-order valence-corrected chi connectivity index (χ1v) is 13.4. The van der Waals surface area contributed by atoms with Crippen LogP contribution in [-0.2, 0) is 13.1 Å². The highest BCUT2D eigenvalue weighted by Crippen LogP contribution is 2.37. The lowest BCUT2D eigenvalue weighted by Crippen LogP contribution is -2.37. The van der Waals surface area contributed by atoms with Crippen molar-refractivity contribution in [3.63, 3.8) is 0 Å². The van der Waals surface area contributed by atoms with Crippen molar-refractivity contribution in [3.05, 3.63) is 63.7 Å². The smallest absolute Gasteiger partial charge is 0.311 e. The van der Waals surface area contributed by atoms with Gasteiger partial charge < -0.3 is 15.2 Å². The van der Waals surface area contributed by atoms with Crippen LogP contribution in [0.5, 0.6) is 11.5 Å². The van der Waals surface area contributed by atoms with Gasteiger partial charge >= 0.3 is 5.69 Å². The summed E-state index contributed by atoms with van der Waals surface area (Å²) in [5.74, 6) is 2.80. The van der Waals surface area contributed by atoms with E-state index in [-0.39, 0.29) is 10.6 Å². The summed E-state index contributed by atoms with van der Waals surface area (Å²) in [6, 6.07) is 14.4. The molecule has 0 saturated heterocycles. The number of benzene rings is 2. The van der Waals surface area contributed by atoms with Gasteiger partial charge in [-0.3, -0.25) is 15.0 Å². The third-order valence-electron chi connectivity index (χ3n) is 8.24. The van der Waals surface area contributed by atoms with Crippen molar-refractivity contribution >= 4 is 5.69 Å². The van der Waals surface area contributed by atoms with Crippen LogP contribution in [-0.4, -0.2) is 36.1 Å². The molecule has 4 rings (SSSR count). The topological polar surface area (TPSA) is 90.9 Å². The van der Waals surface area contributed by atoms with Crippen molar-refractivity contribution in [2.75, 3.05) is 14.2 Å². The molecule has 2 aromatic rings. The second-order valence-electron chi connectivity index (χ2n) is 10.7. The van der Waals surface area contributed by atoms with Crippen molar-refractivity contribution in [1.29, 1.82) is 0 Å². The molecule has 2 aliphatic carbocycles. The van der Waals surface area contributed by atoms with Gasteiger partial charge in [0.1, 0.15) is 5.75 Å². The zero-order valence-corrected chi connectivity index (χ0v) is 21.7. The Morgan fingerprint density at radius 1 is 0.889 bits per heavy atom. The fourth-order valence-corrected chi connectivity index (χ4v) is 6.17. The molecule has 196 valence electrons. The average Bonchev–Trinajstić information content (AvgIpc) is 2.90. The average molecular weight is 496 g/mol. The quantitative estimate of drug-likeness (QED) is 0.317. The molecule has 2 aliphatic rings. The maximum Gasteiger partial charge on any atom is 0.311 e. The first kappa shape index (κ1) is 26.4. The van der Waals surface area contributed by atoms with Gasteiger partial charge in [-0.25, -0.2) is 0 Å². The number of hydrogen-bond acceptors (Lipinski definition) is 6. The molecule has 0 bridgehead atoms. The molecule has 0 aromatic heterocycles. The van der Waals surface area contributed by atoms with Gasteiger partial charge in [-0.15, -0.1) is 0 Å². The highest BCUT2D eigenvalue weighted by Gasteiger charge is 2.29. The molecule has 2 fully saturated rings. The van der Waals surface area contributed by atoms with E-state index in [4.69, 9.17) is 15.2 Å². The molecule has 0 unspecified atom stereocenters. The van der Waals surface area contributed by atoms with E-state index < -0.39 is 0 Å². The fourth-order valence-electron chi connectivity index (χ4n) is 6.17. The monoisotopic (exact) mass is 495 g/mol. The van der Waals surface area contributed by atoms with Crippen LogP contribution in [0.1, 0.15) is 68.9 Å². The van der Waals surface area contributed by atoms with E-state index in [1.165, 1.54) is 70.5 Å². The van der Waals surface area contributed by atoms with Crippen LogP contribution in [0.3, 0.4) is 0 Å². The van der Waals surface area contributed by atoms with Crippen molar-refractivity contribution in [3.8, 4) is 11.5 Å². The van der Waals surface area contributed by atoms with Crippen molar-refractivity contribution in [1.82, 2.24) is 4.90 Å². The van der Waals surface area contributed by atoms with Gasteiger partial charge in [0, 0.05) is 31.2 Å². The minimum atomic E-state index is -0.363. The maximum absolute atomic E-state index is 11.6. The second-order valence-corrected chi connectivity index (χ2v) is 10.7. The highest BCUT2D eigenvalue weighted by molar-refractivity contribution is 5.48. The molecule has 0 heterocycles. The summed E-state index contributed by atoms with van der Waals surface area (Å²) in [5, 5.41) is 11.6. The number of nitrogens with zero attached hydrogens (tertiary/aromatic N) is 2. The summed E-state index contributed by atoms with van der Waals surface area (Å²) in [6.45, 7) is 1.45. The van der Waals surface area contributed by atoms with Crippen LogP contribution in [0.15, 0.2) is 42.5 Å². The molecule has 7 nitrogen and oxygen atoms in total. The fraction of sp³-hybridized carbons (Fsp3) is 0.586. The predicted molar refractivity (Wildman–Crippen MR) is 142 cm³/mol. The van der Waals surface area contributed by atoms with Crippen LogP contribution >= 0.6 is 0 Å². The minimum Gasteiger partial charge on any atom is -0.497 e. The summed E-state index contributed by atoms with van der Waals surface area (Å²) in [4.78, 5) is 13.7. The molecule has 0 spiro atoms. The molecule has 7 heteroatoms. The van der Waals surface area contributed by atoms with E-state index in [1.54, 1.807) is 19.2 Å². The Balaban J connectivity index is 1.45. The van der Waals surface area contributed by atoms with E-state index >= 15 is 0 Å². The van der Waals surface area contributed by atoms with Crippen LogP contribution in [0.25, 0.3) is 0 Å². The van der Waals surface area contributed by atoms with Crippen LogP contribution in [0, 0.1) is 22.0 Å². The number of nitro groups is 1. The summed E-state index contributed by atoms with van der Waals surface area (Å²) >= 11 is 0. The SMILES string of the molecule is COc1cccc(CN(Cc2ccc(OC)c([N+](=O)[O-])c2)C2CCC(CC3CCC(N)CC3)CC2)c1. The Kier molecular flexibility index (Phi) is 9.21. The largest absolute Gasteiger partial charge is 0.497 e. The molecule has 2 saturated carbocycles. The number of hydrogen-bond donors (Lipinski definition) is 1. The van der Waals surface area contributed by atoms with Crippen molar-refractivity contribution in [2.45, 2.75) is 83.0 Å². The molecular weight excluding hydrogens is 454 g/mol. The van der Waals surface area contributed by atoms with Gasteiger partial charge in [0.05, 0.1) is 19.1 Å². The lowest BCUT2D eigenvalue weighted by atomic mass is 9.75. The Morgan fingerprint density at radius 2 is 1.53 bits per heavy atom. The Morgan fingerprint density at radius 3 is 2.14 bits per heavy atom. The molecule has 36 heavy (non-hydrogen) atoms. The summed E-state index contributed by atoms with van der Waals surface area (Å²) in [7, 11) is 3.16. The van der Waals surface area contributed by atoms with Crippen molar-refractivity contribution < 1.29 is 14.4 Å². The number of nitrogens with two attached hydrogens (primary N) is 1. The summed E-state index contributed by atoms with van der Waals surface area (Å²) in [5.41, 5.74) is 8.26. The predicted octanol–water partition coefficient (Wildman–Crippen LogP) is 6.08. The molecule has 2 N–H and O–H groups in total. The maximum atomic E-state index is 11.6. The van der Waals surface area contributed by atoms with Gasteiger partial charge in [0.2, 0.25) is 0 Å². The molecule has 0 aliphatic heterocycles. The second kappa shape index (κ2) is 12.5. The normalized spacial score (nSPS) is 24.4. The summed E-state index contributed by atoms with van der Waals surface area (Å²) in [6.07, 6.45) is 11.1. The number of ether oxygens (including phenoxy) is 2. The highest BCUT2D eigenvalue weighted by atomic mass is 16.6. The Labute approximate surface area is 215 Å². The van der Waals surface area contributed by atoms with E-state index in [1.807, 2.05) is 18.2 Å². The Hall–Kier alpha value is -2.64. The van der Waals surface area contributed by atoms with E-state index in [9.17, 15) is 10.1 Å². The number of nitro benzene ring substituents is 1. The van der Waals surface area contributed by atoms with Gasteiger partial charge in [-0.1, -0.05) is 18.2 Å². The van der Waals surface area contributed by atoms with Gasteiger partial charge in [-0.2, -0.15) is 0 Å². The van der Waals surface area contributed by atoms with Gasteiger partial charge in [0.25, 0.3) is 0 Å². The van der Waals surface area contributed by atoms with Crippen LogP contribution < -0.4 is 15.2 Å². The molecule has 0 amide bonds.